The minimum Gasteiger partial charge on any atom is -0.370 e. The highest BCUT2D eigenvalue weighted by molar-refractivity contribution is 5.89. The van der Waals surface area contributed by atoms with Gasteiger partial charge < -0.3 is 16.0 Å². The van der Waals surface area contributed by atoms with E-state index in [1.807, 2.05) is 31.2 Å². The molecule has 0 unspecified atom stereocenters. The van der Waals surface area contributed by atoms with Crippen molar-refractivity contribution in [1.29, 1.82) is 0 Å². The number of nitrogens with one attached hydrogen (secondary N) is 1. The fourth-order valence-corrected chi connectivity index (χ4v) is 2.72. The summed E-state index contributed by atoms with van der Waals surface area (Å²) in [6, 6.07) is 7.49. The number of aryl methyl sites for hydroxylation is 1. The fraction of sp³-hybridized carbons (Fsp3) is 0.471. The number of likely N-dealkylation sites (tertiary alicyclic amines) is 1. The summed E-state index contributed by atoms with van der Waals surface area (Å²) in [4.78, 5) is 36.8. The maximum Gasteiger partial charge on any atom is 0.243 e. The van der Waals surface area contributed by atoms with E-state index in [1.54, 1.807) is 4.90 Å². The topological polar surface area (TPSA) is 92.5 Å². The molecular formula is C17H23N3O3. The lowest BCUT2D eigenvalue weighted by atomic mass is 10.1. The largest absolute Gasteiger partial charge is 0.370 e. The van der Waals surface area contributed by atoms with Gasteiger partial charge in [-0.15, -0.1) is 0 Å². The third-order valence-corrected chi connectivity index (χ3v) is 4.05. The monoisotopic (exact) mass is 317 g/mol. The molecule has 3 amide bonds. The van der Waals surface area contributed by atoms with Gasteiger partial charge in [0.1, 0.15) is 6.04 Å². The summed E-state index contributed by atoms with van der Waals surface area (Å²) in [5.41, 5.74) is 7.26. The quantitative estimate of drug-likeness (QED) is 0.815. The zero-order valence-corrected chi connectivity index (χ0v) is 13.4. The molecule has 6 heteroatoms. The van der Waals surface area contributed by atoms with Crippen LogP contribution in [0.3, 0.4) is 0 Å². The van der Waals surface area contributed by atoms with Crippen molar-refractivity contribution in [2.24, 2.45) is 5.73 Å². The number of hydrogen-bond acceptors (Lipinski definition) is 3. The second kappa shape index (κ2) is 7.76. The van der Waals surface area contributed by atoms with Crippen molar-refractivity contribution in [3.8, 4) is 0 Å². The average Bonchev–Trinajstić information content (AvgIpc) is 3.01. The summed E-state index contributed by atoms with van der Waals surface area (Å²) >= 11 is 0. The van der Waals surface area contributed by atoms with Gasteiger partial charge in [-0.3, -0.25) is 14.4 Å². The van der Waals surface area contributed by atoms with Crippen LogP contribution >= 0.6 is 0 Å². The first-order chi connectivity index (χ1) is 11.0. The van der Waals surface area contributed by atoms with Crippen molar-refractivity contribution in [1.82, 2.24) is 10.2 Å². The predicted octanol–water partition coefficient (Wildman–Crippen LogP) is 0.868. The third-order valence-electron chi connectivity index (χ3n) is 4.05. The lowest BCUT2D eigenvalue weighted by Gasteiger charge is -2.24. The summed E-state index contributed by atoms with van der Waals surface area (Å²) < 4.78 is 0. The molecule has 1 aliphatic heterocycles. The van der Waals surface area contributed by atoms with Gasteiger partial charge in [-0.25, -0.2) is 0 Å². The van der Waals surface area contributed by atoms with Crippen molar-refractivity contribution in [2.75, 3.05) is 6.54 Å². The Morgan fingerprint density at radius 2 is 1.91 bits per heavy atom. The second-order valence-electron chi connectivity index (χ2n) is 5.91. The molecule has 1 heterocycles. The highest BCUT2D eigenvalue weighted by atomic mass is 16.2. The van der Waals surface area contributed by atoms with Crippen LogP contribution in [0.4, 0.5) is 0 Å². The molecule has 1 aromatic carbocycles. The Labute approximate surface area is 136 Å². The lowest BCUT2D eigenvalue weighted by molar-refractivity contribution is -0.139. The van der Waals surface area contributed by atoms with Crippen LogP contribution in [0, 0.1) is 6.92 Å². The molecule has 6 nitrogen and oxygen atoms in total. The Morgan fingerprint density at radius 3 is 2.57 bits per heavy atom. The number of nitrogens with two attached hydrogens (primary N) is 1. The first kappa shape index (κ1) is 17.0. The van der Waals surface area contributed by atoms with E-state index in [1.165, 1.54) is 5.56 Å². The summed E-state index contributed by atoms with van der Waals surface area (Å²) in [5, 5.41) is 2.89. The minimum absolute atomic E-state index is 0.0209. The van der Waals surface area contributed by atoms with Gasteiger partial charge in [-0.1, -0.05) is 29.8 Å². The van der Waals surface area contributed by atoms with Crippen LogP contribution in [-0.2, 0) is 20.9 Å². The van der Waals surface area contributed by atoms with Gasteiger partial charge in [0.05, 0.1) is 0 Å². The Balaban J connectivity index is 1.88. The SMILES string of the molecule is Cc1ccc(CNC(=O)[C@@H]2CCCN2C(=O)CCC(N)=O)cc1. The van der Waals surface area contributed by atoms with Gasteiger partial charge >= 0.3 is 0 Å². The Kier molecular flexibility index (Phi) is 5.73. The standard InChI is InChI=1S/C17H23N3O3/c1-12-4-6-13(7-5-12)11-19-17(23)14-3-2-10-20(14)16(22)9-8-15(18)21/h4-7,14H,2-3,8-11H2,1H3,(H2,18,21)(H,19,23)/t14-/m0/s1. The first-order valence-corrected chi connectivity index (χ1v) is 7.88. The van der Waals surface area contributed by atoms with Gasteiger partial charge in [0.15, 0.2) is 0 Å². The van der Waals surface area contributed by atoms with E-state index in [2.05, 4.69) is 5.32 Å². The second-order valence-corrected chi connectivity index (χ2v) is 5.91. The van der Waals surface area contributed by atoms with E-state index in [-0.39, 0.29) is 24.7 Å². The Bertz CT molecular complexity index is 583. The molecule has 124 valence electrons. The van der Waals surface area contributed by atoms with E-state index < -0.39 is 11.9 Å². The van der Waals surface area contributed by atoms with Crippen molar-refractivity contribution < 1.29 is 14.4 Å². The summed E-state index contributed by atoms with van der Waals surface area (Å²) in [6.07, 6.45) is 1.54. The smallest absolute Gasteiger partial charge is 0.243 e. The van der Waals surface area contributed by atoms with Gasteiger partial charge in [-0.2, -0.15) is 0 Å². The van der Waals surface area contributed by atoms with Gasteiger partial charge in [0, 0.05) is 25.9 Å². The molecule has 0 aromatic heterocycles. The molecule has 1 fully saturated rings. The molecule has 0 aliphatic carbocycles. The van der Waals surface area contributed by atoms with Crippen molar-refractivity contribution in [3.05, 3.63) is 35.4 Å². The van der Waals surface area contributed by atoms with Gasteiger partial charge in [0.2, 0.25) is 17.7 Å². The Hall–Kier alpha value is -2.37. The van der Waals surface area contributed by atoms with E-state index in [0.29, 0.717) is 19.5 Å². The maximum absolute atomic E-state index is 12.3. The number of nitrogens with zero attached hydrogens (tertiary/aromatic N) is 1. The molecule has 1 aliphatic rings. The van der Waals surface area contributed by atoms with Crippen LogP contribution in [-0.4, -0.2) is 35.2 Å². The minimum atomic E-state index is -0.502. The molecule has 3 N–H and O–H groups in total. The molecular weight excluding hydrogens is 294 g/mol. The first-order valence-electron chi connectivity index (χ1n) is 7.88. The van der Waals surface area contributed by atoms with Crippen LogP contribution in [0.5, 0.6) is 0 Å². The number of benzene rings is 1. The van der Waals surface area contributed by atoms with E-state index >= 15 is 0 Å². The van der Waals surface area contributed by atoms with Crippen molar-refractivity contribution in [3.63, 3.8) is 0 Å². The number of carbonyl (C=O) groups excluding carboxylic acids is 3. The Morgan fingerprint density at radius 1 is 1.22 bits per heavy atom. The number of rotatable bonds is 6. The molecule has 1 aromatic rings. The van der Waals surface area contributed by atoms with Crippen LogP contribution in [0.2, 0.25) is 0 Å². The zero-order chi connectivity index (χ0) is 16.8. The van der Waals surface area contributed by atoms with E-state index in [9.17, 15) is 14.4 Å². The van der Waals surface area contributed by atoms with Crippen LogP contribution in [0.1, 0.15) is 36.8 Å². The average molecular weight is 317 g/mol. The maximum atomic E-state index is 12.3. The zero-order valence-electron chi connectivity index (χ0n) is 13.4. The fourth-order valence-electron chi connectivity index (χ4n) is 2.72. The molecule has 0 spiro atoms. The molecule has 0 bridgehead atoms. The number of primary amides is 1. The third kappa shape index (κ3) is 4.81. The summed E-state index contributed by atoms with van der Waals surface area (Å²) in [7, 11) is 0. The van der Waals surface area contributed by atoms with Crippen molar-refractivity contribution in [2.45, 2.75) is 45.2 Å². The molecule has 0 radical (unpaired) electrons. The van der Waals surface area contributed by atoms with Gasteiger partial charge in [0.25, 0.3) is 0 Å². The normalized spacial score (nSPS) is 17.1. The van der Waals surface area contributed by atoms with Gasteiger partial charge in [-0.05, 0) is 25.3 Å². The number of amides is 3. The highest BCUT2D eigenvalue weighted by Gasteiger charge is 2.33. The number of hydrogen-bond donors (Lipinski definition) is 2. The van der Waals surface area contributed by atoms with E-state index in [4.69, 9.17) is 5.73 Å². The van der Waals surface area contributed by atoms with Crippen LogP contribution in [0.15, 0.2) is 24.3 Å². The van der Waals surface area contributed by atoms with Crippen molar-refractivity contribution >= 4 is 17.7 Å². The summed E-state index contributed by atoms with van der Waals surface area (Å²) in [6.45, 7) is 3.01. The predicted molar refractivity (Wildman–Crippen MR) is 86.2 cm³/mol. The molecule has 2 rings (SSSR count). The number of carbonyl (C=O) groups is 3. The molecule has 1 atom stereocenters. The molecule has 23 heavy (non-hydrogen) atoms. The molecule has 1 saturated heterocycles. The molecule has 0 saturated carbocycles. The summed E-state index contributed by atoms with van der Waals surface area (Å²) in [5.74, 6) is -0.829. The van der Waals surface area contributed by atoms with E-state index in [0.717, 1.165) is 12.0 Å². The van der Waals surface area contributed by atoms with Crippen LogP contribution in [0.25, 0.3) is 0 Å². The lowest BCUT2D eigenvalue weighted by Crippen LogP contribution is -2.45. The highest BCUT2D eigenvalue weighted by Crippen LogP contribution is 2.19. The van der Waals surface area contributed by atoms with Crippen LogP contribution < -0.4 is 11.1 Å².